The van der Waals surface area contributed by atoms with Crippen molar-refractivity contribution in [3.05, 3.63) is 58.6 Å². The maximum Gasteiger partial charge on any atom is 0.236 e. The minimum atomic E-state index is -0.521. The van der Waals surface area contributed by atoms with E-state index in [-0.39, 0.29) is 17.0 Å². The predicted octanol–water partition coefficient (Wildman–Crippen LogP) is 3.20. The summed E-state index contributed by atoms with van der Waals surface area (Å²) in [6.07, 6.45) is 2.94. The maximum absolute atomic E-state index is 13.5. The molecule has 4 rings (SSSR count). The van der Waals surface area contributed by atoms with E-state index in [1.54, 1.807) is 23.1 Å². The van der Waals surface area contributed by atoms with Crippen molar-refractivity contribution in [2.24, 2.45) is 5.41 Å². The third-order valence-corrected chi connectivity index (χ3v) is 5.59. The standard InChI is InChI=1S/C19H16ClFN4O/c20-14-9-13(2-3-15(14)21)25-17(16-4-1-12(10-22)11-24-16)19(18(25)26)5-7-23-8-6-19/h1-4,9,11,17,23H,5-8H2. The quantitative estimate of drug-likeness (QED) is 0.824. The molecule has 3 heterocycles. The SMILES string of the molecule is N#Cc1ccc(C2N(c3ccc(F)c(Cl)c3)C(=O)C23CCNCC3)nc1. The van der Waals surface area contributed by atoms with Gasteiger partial charge in [-0.15, -0.1) is 0 Å². The number of carbonyl (C=O) groups is 1. The molecule has 2 aliphatic heterocycles. The molecule has 0 aliphatic carbocycles. The Morgan fingerprint density at radius 3 is 2.69 bits per heavy atom. The fourth-order valence-electron chi connectivity index (χ4n) is 3.97. The first-order valence-electron chi connectivity index (χ1n) is 8.42. The molecule has 2 aromatic rings. The summed E-state index contributed by atoms with van der Waals surface area (Å²) < 4.78 is 13.5. The molecule has 1 spiro atoms. The van der Waals surface area contributed by atoms with Crippen LogP contribution in [0.4, 0.5) is 10.1 Å². The molecular weight excluding hydrogens is 355 g/mol. The van der Waals surface area contributed by atoms with Gasteiger partial charge < -0.3 is 10.2 Å². The van der Waals surface area contributed by atoms with Crippen molar-refractivity contribution in [2.45, 2.75) is 18.9 Å². The van der Waals surface area contributed by atoms with Gasteiger partial charge in [0, 0.05) is 11.9 Å². The zero-order chi connectivity index (χ0) is 18.3. The van der Waals surface area contributed by atoms with Crippen LogP contribution in [0, 0.1) is 22.6 Å². The third-order valence-electron chi connectivity index (χ3n) is 5.30. The molecule has 132 valence electrons. The molecular formula is C19H16ClFN4O. The van der Waals surface area contributed by atoms with Crippen LogP contribution in [-0.2, 0) is 4.79 Å². The highest BCUT2D eigenvalue weighted by Gasteiger charge is 2.61. The van der Waals surface area contributed by atoms with Crippen LogP contribution in [0.3, 0.4) is 0 Å². The average molecular weight is 371 g/mol. The average Bonchev–Trinajstić information content (AvgIpc) is 2.68. The van der Waals surface area contributed by atoms with E-state index in [0.717, 1.165) is 18.8 Å². The number of pyridine rings is 1. The molecule has 0 saturated carbocycles. The summed E-state index contributed by atoms with van der Waals surface area (Å²) in [5, 5.41) is 12.3. The van der Waals surface area contributed by atoms with Crippen LogP contribution in [-0.4, -0.2) is 24.0 Å². The van der Waals surface area contributed by atoms with Gasteiger partial charge in [0.15, 0.2) is 0 Å². The molecule has 0 bridgehead atoms. The molecule has 7 heteroatoms. The van der Waals surface area contributed by atoms with Gasteiger partial charge in [-0.3, -0.25) is 9.78 Å². The zero-order valence-corrected chi connectivity index (χ0v) is 14.6. The van der Waals surface area contributed by atoms with Crippen molar-refractivity contribution in [1.29, 1.82) is 5.26 Å². The minimum Gasteiger partial charge on any atom is -0.317 e. The lowest BCUT2D eigenvalue weighted by Gasteiger charge is -2.57. The Kier molecular flexibility index (Phi) is 4.14. The molecule has 5 nitrogen and oxygen atoms in total. The highest BCUT2D eigenvalue weighted by molar-refractivity contribution is 6.31. The summed E-state index contributed by atoms with van der Waals surface area (Å²) in [4.78, 5) is 19.2. The molecule has 1 atom stereocenters. The van der Waals surface area contributed by atoms with Crippen LogP contribution in [0.1, 0.15) is 30.1 Å². The zero-order valence-electron chi connectivity index (χ0n) is 13.9. The highest BCUT2D eigenvalue weighted by atomic mass is 35.5. The first kappa shape index (κ1) is 17.0. The maximum atomic E-state index is 13.5. The van der Waals surface area contributed by atoms with Gasteiger partial charge in [0.05, 0.1) is 27.7 Å². The monoisotopic (exact) mass is 370 g/mol. The van der Waals surface area contributed by atoms with Gasteiger partial charge in [0.25, 0.3) is 0 Å². The summed E-state index contributed by atoms with van der Waals surface area (Å²) in [6.45, 7) is 1.52. The second kappa shape index (κ2) is 6.35. The second-order valence-electron chi connectivity index (χ2n) is 6.67. The van der Waals surface area contributed by atoms with Crippen molar-refractivity contribution >= 4 is 23.2 Å². The molecule has 1 aromatic carbocycles. The number of anilines is 1. The molecule has 26 heavy (non-hydrogen) atoms. The Balaban J connectivity index is 1.78. The van der Waals surface area contributed by atoms with E-state index in [0.29, 0.717) is 24.1 Å². The molecule has 1 unspecified atom stereocenters. The van der Waals surface area contributed by atoms with Crippen molar-refractivity contribution in [1.82, 2.24) is 10.3 Å². The van der Waals surface area contributed by atoms with Crippen LogP contribution in [0.5, 0.6) is 0 Å². The number of carbonyl (C=O) groups excluding carboxylic acids is 1. The summed E-state index contributed by atoms with van der Waals surface area (Å²) in [5.74, 6) is -0.508. The fraction of sp³-hybridized carbons (Fsp3) is 0.316. The number of halogens is 2. The summed E-state index contributed by atoms with van der Waals surface area (Å²) >= 11 is 5.92. The Morgan fingerprint density at radius 2 is 2.08 bits per heavy atom. The third kappa shape index (κ3) is 2.47. The topological polar surface area (TPSA) is 69.0 Å². The van der Waals surface area contributed by atoms with E-state index in [2.05, 4.69) is 16.4 Å². The largest absolute Gasteiger partial charge is 0.317 e. The van der Waals surface area contributed by atoms with Crippen LogP contribution < -0.4 is 10.2 Å². The van der Waals surface area contributed by atoms with Crippen LogP contribution in [0.15, 0.2) is 36.5 Å². The van der Waals surface area contributed by atoms with Gasteiger partial charge in [-0.25, -0.2) is 4.39 Å². The van der Waals surface area contributed by atoms with Gasteiger partial charge in [0.2, 0.25) is 5.91 Å². The number of amides is 1. The van der Waals surface area contributed by atoms with Gasteiger partial charge in [-0.05, 0) is 56.3 Å². The van der Waals surface area contributed by atoms with Gasteiger partial charge >= 0.3 is 0 Å². The lowest BCUT2D eigenvalue weighted by atomic mass is 9.63. The van der Waals surface area contributed by atoms with Crippen LogP contribution in [0.25, 0.3) is 0 Å². The smallest absolute Gasteiger partial charge is 0.236 e. The Labute approximate surface area is 155 Å². The van der Waals surface area contributed by atoms with E-state index >= 15 is 0 Å². The molecule has 0 radical (unpaired) electrons. The molecule has 2 saturated heterocycles. The number of nitriles is 1. The highest BCUT2D eigenvalue weighted by Crippen LogP contribution is 2.56. The normalized spacial score (nSPS) is 21.3. The Bertz CT molecular complexity index is 903. The number of piperidine rings is 1. The van der Waals surface area contributed by atoms with E-state index in [1.807, 2.05) is 0 Å². The number of nitrogens with zero attached hydrogens (tertiary/aromatic N) is 3. The first-order valence-corrected chi connectivity index (χ1v) is 8.80. The summed E-state index contributed by atoms with van der Waals surface area (Å²) in [7, 11) is 0. The number of benzene rings is 1. The number of rotatable bonds is 2. The predicted molar refractivity (Wildman–Crippen MR) is 95.1 cm³/mol. The molecule has 1 amide bonds. The van der Waals surface area contributed by atoms with Gasteiger partial charge in [-0.1, -0.05) is 11.6 Å². The molecule has 1 aromatic heterocycles. The van der Waals surface area contributed by atoms with Crippen molar-refractivity contribution < 1.29 is 9.18 Å². The number of nitrogens with one attached hydrogen (secondary N) is 1. The van der Waals surface area contributed by atoms with Crippen LogP contribution >= 0.6 is 11.6 Å². The lowest BCUT2D eigenvalue weighted by Crippen LogP contribution is -2.66. The summed E-state index contributed by atoms with van der Waals surface area (Å²) in [5.41, 5.74) is 1.23. The summed E-state index contributed by atoms with van der Waals surface area (Å²) in [6, 6.07) is 9.59. The van der Waals surface area contributed by atoms with E-state index in [1.165, 1.54) is 18.3 Å². The fourth-order valence-corrected chi connectivity index (χ4v) is 4.14. The van der Waals surface area contributed by atoms with Crippen molar-refractivity contribution in [2.75, 3.05) is 18.0 Å². The number of hydrogen-bond donors (Lipinski definition) is 1. The number of aromatic nitrogens is 1. The van der Waals surface area contributed by atoms with E-state index in [9.17, 15) is 9.18 Å². The molecule has 1 N–H and O–H groups in total. The molecule has 2 fully saturated rings. The number of hydrogen-bond acceptors (Lipinski definition) is 4. The van der Waals surface area contributed by atoms with Gasteiger partial charge in [0.1, 0.15) is 11.9 Å². The number of β-lactam (4-membered cyclic amide) rings is 1. The Hall–Kier alpha value is -2.49. The lowest BCUT2D eigenvalue weighted by molar-refractivity contribution is -0.142. The second-order valence-corrected chi connectivity index (χ2v) is 7.07. The van der Waals surface area contributed by atoms with E-state index < -0.39 is 11.2 Å². The molecule has 2 aliphatic rings. The van der Waals surface area contributed by atoms with Crippen molar-refractivity contribution in [3.8, 4) is 6.07 Å². The van der Waals surface area contributed by atoms with Crippen LogP contribution in [0.2, 0.25) is 5.02 Å². The first-order chi connectivity index (χ1) is 12.6. The van der Waals surface area contributed by atoms with Gasteiger partial charge in [-0.2, -0.15) is 5.26 Å². The van der Waals surface area contributed by atoms with E-state index in [4.69, 9.17) is 16.9 Å². The Morgan fingerprint density at radius 1 is 1.31 bits per heavy atom. The van der Waals surface area contributed by atoms with Crippen molar-refractivity contribution in [3.63, 3.8) is 0 Å². The minimum absolute atomic E-state index is 0.0119.